The maximum absolute atomic E-state index is 13.1. The zero-order valence-electron chi connectivity index (χ0n) is 15.4. The number of aromatic nitrogens is 1. The lowest BCUT2D eigenvalue weighted by Gasteiger charge is -2.37. The molecule has 1 saturated heterocycles. The topological polar surface area (TPSA) is 100 Å². The first-order valence-electron chi connectivity index (χ1n) is 9.07. The lowest BCUT2D eigenvalue weighted by molar-refractivity contribution is -0.135. The van der Waals surface area contributed by atoms with Gasteiger partial charge in [0.1, 0.15) is 0 Å². The van der Waals surface area contributed by atoms with Crippen molar-refractivity contribution >= 4 is 11.9 Å². The number of hydrogen-bond donors (Lipinski definition) is 3. The van der Waals surface area contributed by atoms with Gasteiger partial charge >= 0.3 is 6.03 Å². The van der Waals surface area contributed by atoms with Crippen molar-refractivity contribution in [1.29, 1.82) is 0 Å². The van der Waals surface area contributed by atoms with E-state index < -0.39 is 12.1 Å². The van der Waals surface area contributed by atoms with Gasteiger partial charge in [-0.05, 0) is 24.1 Å². The van der Waals surface area contributed by atoms with Crippen molar-refractivity contribution in [3.63, 3.8) is 0 Å². The molecule has 0 bridgehead atoms. The molecule has 2 heterocycles. The third-order valence-electron chi connectivity index (χ3n) is 4.77. The summed E-state index contributed by atoms with van der Waals surface area (Å²) >= 11 is 0. The predicted molar refractivity (Wildman–Crippen MR) is 103 cm³/mol. The first-order chi connectivity index (χ1) is 13.0. The van der Waals surface area contributed by atoms with Crippen molar-refractivity contribution < 1.29 is 9.59 Å². The number of urea groups is 1. The molecule has 1 aromatic heterocycles. The summed E-state index contributed by atoms with van der Waals surface area (Å²) in [4.78, 5) is 30.6. The van der Waals surface area contributed by atoms with Crippen LogP contribution in [0.15, 0.2) is 48.8 Å². The van der Waals surface area contributed by atoms with Crippen molar-refractivity contribution in [2.75, 3.05) is 19.6 Å². The van der Waals surface area contributed by atoms with Crippen LogP contribution in [0.25, 0.3) is 0 Å². The maximum Gasteiger partial charge on any atom is 0.312 e. The first-order valence-corrected chi connectivity index (χ1v) is 9.07. The second-order valence-corrected chi connectivity index (χ2v) is 6.77. The fourth-order valence-corrected chi connectivity index (χ4v) is 3.48. The van der Waals surface area contributed by atoms with E-state index in [0.29, 0.717) is 13.1 Å². The summed E-state index contributed by atoms with van der Waals surface area (Å²) in [5, 5.41) is 6.04. The van der Waals surface area contributed by atoms with Crippen LogP contribution >= 0.6 is 0 Å². The van der Waals surface area contributed by atoms with Crippen LogP contribution in [0.1, 0.15) is 35.2 Å². The Morgan fingerprint density at radius 3 is 2.93 bits per heavy atom. The number of pyridine rings is 1. The highest BCUT2D eigenvalue weighted by Gasteiger charge is 2.30. The van der Waals surface area contributed by atoms with Gasteiger partial charge in [-0.25, -0.2) is 4.79 Å². The third kappa shape index (κ3) is 4.83. The zero-order valence-corrected chi connectivity index (χ0v) is 15.4. The Labute approximate surface area is 159 Å². The van der Waals surface area contributed by atoms with Crippen molar-refractivity contribution in [3.05, 3.63) is 65.5 Å². The van der Waals surface area contributed by atoms with E-state index in [1.165, 1.54) is 0 Å². The van der Waals surface area contributed by atoms with E-state index in [1.807, 2.05) is 48.2 Å². The average molecular weight is 367 g/mol. The molecule has 1 fully saturated rings. The smallest absolute Gasteiger partial charge is 0.312 e. The Kier molecular flexibility index (Phi) is 6.03. The van der Waals surface area contributed by atoms with E-state index in [-0.39, 0.29) is 18.4 Å². The SMILES string of the molecule is Cc1cccc(C(CC(=O)N2CCNCC2c2cccnc2)NC(N)=O)c1. The van der Waals surface area contributed by atoms with Gasteiger partial charge in [0.15, 0.2) is 0 Å². The molecule has 7 heteroatoms. The predicted octanol–water partition coefficient (Wildman–Crippen LogP) is 1.66. The number of nitrogens with one attached hydrogen (secondary N) is 2. The molecule has 1 aliphatic rings. The Hall–Kier alpha value is -2.93. The largest absolute Gasteiger partial charge is 0.352 e. The molecule has 7 nitrogen and oxygen atoms in total. The Morgan fingerprint density at radius 1 is 1.37 bits per heavy atom. The van der Waals surface area contributed by atoms with Gasteiger partial charge in [0.2, 0.25) is 5.91 Å². The number of nitrogens with two attached hydrogens (primary N) is 1. The highest BCUT2D eigenvalue weighted by atomic mass is 16.2. The number of rotatable bonds is 5. The van der Waals surface area contributed by atoms with Crippen LogP contribution in [-0.4, -0.2) is 41.5 Å². The van der Waals surface area contributed by atoms with Gasteiger partial charge in [0, 0.05) is 32.0 Å². The minimum absolute atomic E-state index is 0.0226. The van der Waals surface area contributed by atoms with Gasteiger partial charge in [-0.1, -0.05) is 35.9 Å². The average Bonchev–Trinajstić information content (AvgIpc) is 2.68. The van der Waals surface area contributed by atoms with Crippen molar-refractivity contribution in [3.8, 4) is 0 Å². The number of amides is 3. The highest BCUT2D eigenvalue weighted by Crippen LogP contribution is 2.25. The third-order valence-corrected chi connectivity index (χ3v) is 4.77. The first kappa shape index (κ1) is 18.8. The number of carbonyl (C=O) groups excluding carboxylic acids is 2. The van der Waals surface area contributed by atoms with Gasteiger partial charge in [-0.3, -0.25) is 9.78 Å². The van der Waals surface area contributed by atoms with Crippen LogP contribution < -0.4 is 16.4 Å². The summed E-state index contributed by atoms with van der Waals surface area (Å²) in [5.74, 6) is -0.0226. The molecule has 2 aromatic rings. The second kappa shape index (κ2) is 8.64. The van der Waals surface area contributed by atoms with Crippen molar-refractivity contribution in [2.24, 2.45) is 5.73 Å². The Bertz CT molecular complexity index is 796. The number of hydrogen-bond acceptors (Lipinski definition) is 4. The van der Waals surface area contributed by atoms with E-state index in [2.05, 4.69) is 15.6 Å². The molecule has 0 aliphatic carbocycles. The van der Waals surface area contributed by atoms with E-state index in [1.54, 1.807) is 12.4 Å². The van der Waals surface area contributed by atoms with Crippen LogP contribution in [0.3, 0.4) is 0 Å². The van der Waals surface area contributed by atoms with Crippen molar-refractivity contribution in [2.45, 2.75) is 25.4 Å². The number of nitrogens with zero attached hydrogens (tertiary/aromatic N) is 2. The number of piperazine rings is 1. The molecule has 0 saturated carbocycles. The van der Waals surface area contributed by atoms with Crippen LogP contribution in [0.5, 0.6) is 0 Å². The molecule has 27 heavy (non-hydrogen) atoms. The quantitative estimate of drug-likeness (QED) is 0.748. The molecule has 0 radical (unpaired) electrons. The Balaban J connectivity index is 1.80. The number of primary amides is 1. The molecule has 2 atom stereocenters. The lowest BCUT2D eigenvalue weighted by Crippen LogP contribution is -2.49. The maximum atomic E-state index is 13.1. The Morgan fingerprint density at radius 2 is 2.22 bits per heavy atom. The number of benzene rings is 1. The van der Waals surface area contributed by atoms with Gasteiger partial charge < -0.3 is 21.3 Å². The lowest BCUT2D eigenvalue weighted by atomic mass is 9.99. The molecule has 4 N–H and O–H groups in total. The standard InChI is InChI=1S/C20H25N5O2/c1-14-4-2-5-15(10-14)17(24-20(21)27)11-19(26)25-9-8-23-13-18(25)16-6-3-7-22-12-16/h2-7,10,12,17-18,23H,8-9,11,13H2,1H3,(H3,21,24,27). The second-order valence-electron chi connectivity index (χ2n) is 6.77. The molecule has 3 amide bonds. The summed E-state index contributed by atoms with van der Waals surface area (Å²) in [5.41, 5.74) is 8.27. The van der Waals surface area contributed by atoms with Gasteiger partial charge in [-0.15, -0.1) is 0 Å². The van der Waals surface area contributed by atoms with Crippen LogP contribution in [0, 0.1) is 6.92 Å². The van der Waals surface area contributed by atoms with Crippen LogP contribution in [0.4, 0.5) is 4.79 Å². The zero-order chi connectivity index (χ0) is 19.2. The number of aryl methyl sites for hydroxylation is 1. The molecule has 142 valence electrons. The van der Waals surface area contributed by atoms with Gasteiger partial charge in [0.05, 0.1) is 18.5 Å². The number of carbonyl (C=O) groups is 2. The normalized spacial score (nSPS) is 18.0. The fourth-order valence-electron chi connectivity index (χ4n) is 3.48. The van der Waals surface area contributed by atoms with Crippen molar-refractivity contribution in [1.82, 2.24) is 20.5 Å². The fraction of sp³-hybridized carbons (Fsp3) is 0.350. The minimum atomic E-state index is -0.640. The molecular formula is C20H25N5O2. The van der Waals surface area contributed by atoms with E-state index in [9.17, 15) is 9.59 Å². The molecular weight excluding hydrogens is 342 g/mol. The highest BCUT2D eigenvalue weighted by molar-refractivity contribution is 5.79. The molecule has 2 unspecified atom stereocenters. The van der Waals surface area contributed by atoms with E-state index in [0.717, 1.165) is 23.2 Å². The summed E-state index contributed by atoms with van der Waals surface area (Å²) in [7, 11) is 0. The van der Waals surface area contributed by atoms with Crippen LogP contribution in [-0.2, 0) is 4.79 Å². The summed E-state index contributed by atoms with van der Waals surface area (Å²) < 4.78 is 0. The monoisotopic (exact) mass is 367 g/mol. The molecule has 3 rings (SSSR count). The van der Waals surface area contributed by atoms with Crippen LogP contribution in [0.2, 0.25) is 0 Å². The van der Waals surface area contributed by atoms with Gasteiger partial charge in [0.25, 0.3) is 0 Å². The van der Waals surface area contributed by atoms with Gasteiger partial charge in [-0.2, -0.15) is 0 Å². The summed E-state index contributed by atoms with van der Waals surface area (Å²) in [6.07, 6.45) is 3.66. The molecule has 0 spiro atoms. The molecule has 1 aromatic carbocycles. The van der Waals surface area contributed by atoms with E-state index >= 15 is 0 Å². The summed E-state index contributed by atoms with van der Waals surface area (Å²) in [6, 6.07) is 10.4. The minimum Gasteiger partial charge on any atom is -0.352 e. The van der Waals surface area contributed by atoms with E-state index in [4.69, 9.17) is 5.73 Å². The molecule has 1 aliphatic heterocycles. The summed E-state index contributed by atoms with van der Waals surface area (Å²) in [6.45, 7) is 3.99.